The van der Waals surface area contributed by atoms with Gasteiger partial charge in [0.25, 0.3) is 0 Å². The number of benzene rings is 1. The molecule has 1 aromatic heterocycles. The first kappa shape index (κ1) is 12.1. The molecule has 0 aliphatic carbocycles. The molecule has 0 amide bonds. The van der Waals surface area contributed by atoms with Gasteiger partial charge in [0, 0.05) is 27.5 Å². The van der Waals surface area contributed by atoms with Crippen molar-refractivity contribution in [3.05, 3.63) is 51.0 Å². The van der Waals surface area contributed by atoms with E-state index in [4.69, 9.17) is 0 Å². The largest absolute Gasteiger partial charge is 0.381 e. The highest BCUT2D eigenvalue weighted by molar-refractivity contribution is 7.12. The van der Waals surface area contributed by atoms with Gasteiger partial charge < -0.3 is 5.32 Å². The Balaban J connectivity index is 2.12. The Morgan fingerprint density at radius 3 is 2.65 bits per heavy atom. The Bertz CT molecular complexity index is 531. The van der Waals surface area contributed by atoms with Crippen LogP contribution in [0.4, 0.5) is 10.1 Å². The number of aryl methyl sites for hydroxylation is 2. The summed E-state index contributed by atoms with van der Waals surface area (Å²) in [7, 11) is 0. The van der Waals surface area contributed by atoms with E-state index in [0.717, 1.165) is 12.2 Å². The van der Waals surface area contributed by atoms with E-state index >= 15 is 0 Å². The van der Waals surface area contributed by atoms with E-state index in [1.54, 1.807) is 24.3 Å². The number of hydrogen-bond donors (Lipinski definition) is 1. The molecule has 0 aliphatic rings. The second-order valence-corrected chi connectivity index (χ2v) is 5.66. The van der Waals surface area contributed by atoms with Crippen molar-refractivity contribution in [1.29, 1.82) is 0 Å². The van der Waals surface area contributed by atoms with Crippen molar-refractivity contribution >= 4 is 17.0 Å². The highest BCUT2D eigenvalue weighted by atomic mass is 32.1. The lowest BCUT2D eigenvalue weighted by Crippen LogP contribution is -2.02. The normalized spacial score (nSPS) is 10.6. The van der Waals surface area contributed by atoms with Gasteiger partial charge in [0.05, 0.1) is 0 Å². The van der Waals surface area contributed by atoms with Gasteiger partial charge >= 0.3 is 0 Å². The lowest BCUT2D eigenvalue weighted by molar-refractivity contribution is 0.619. The summed E-state index contributed by atoms with van der Waals surface area (Å²) in [4.78, 5) is 2.64. The maximum absolute atomic E-state index is 13.4. The Hall–Kier alpha value is -1.35. The predicted octanol–water partition coefficient (Wildman–Crippen LogP) is 4.42. The van der Waals surface area contributed by atoms with Crippen molar-refractivity contribution in [3.8, 4) is 0 Å². The zero-order valence-corrected chi connectivity index (χ0v) is 11.1. The van der Waals surface area contributed by atoms with E-state index in [9.17, 15) is 4.39 Å². The summed E-state index contributed by atoms with van der Waals surface area (Å²) in [5, 5.41) is 3.29. The van der Waals surface area contributed by atoms with Crippen molar-refractivity contribution in [2.75, 3.05) is 5.32 Å². The van der Waals surface area contributed by atoms with Crippen molar-refractivity contribution in [3.63, 3.8) is 0 Å². The smallest absolute Gasteiger partial charge is 0.128 e. The first-order chi connectivity index (χ1) is 8.08. The molecule has 1 heterocycles. The molecule has 3 heteroatoms. The van der Waals surface area contributed by atoms with Crippen molar-refractivity contribution in [2.45, 2.75) is 27.3 Å². The van der Waals surface area contributed by atoms with E-state index in [0.29, 0.717) is 5.56 Å². The molecule has 0 unspecified atom stereocenters. The fraction of sp³-hybridized carbons (Fsp3) is 0.286. The number of anilines is 1. The van der Waals surface area contributed by atoms with Crippen molar-refractivity contribution in [1.82, 2.24) is 0 Å². The van der Waals surface area contributed by atoms with E-state index in [-0.39, 0.29) is 5.82 Å². The highest BCUT2D eigenvalue weighted by Gasteiger charge is 2.05. The van der Waals surface area contributed by atoms with Crippen LogP contribution in [0.3, 0.4) is 0 Å². The number of halogens is 1. The van der Waals surface area contributed by atoms with Gasteiger partial charge in [0.2, 0.25) is 0 Å². The molecule has 0 saturated heterocycles. The van der Waals surface area contributed by atoms with Crippen LogP contribution in [0.1, 0.15) is 20.9 Å². The first-order valence-corrected chi connectivity index (χ1v) is 6.44. The molecule has 1 nitrogen and oxygen atoms in total. The van der Waals surface area contributed by atoms with Gasteiger partial charge in [-0.2, -0.15) is 0 Å². The third kappa shape index (κ3) is 2.67. The van der Waals surface area contributed by atoms with Gasteiger partial charge in [-0.1, -0.05) is 6.07 Å². The minimum absolute atomic E-state index is 0.159. The van der Waals surface area contributed by atoms with E-state index in [2.05, 4.69) is 25.2 Å². The molecule has 0 aliphatic heterocycles. The molecule has 0 saturated carbocycles. The summed E-state index contributed by atoms with van der Waals surface area (Å²) >= 11 is 1.80. The van der Waals surface area contributed by atoms with Crippen LogP contribution in [0.15, 0.2) is 24.3 Å². The van der Waals surface area contributed by atoms with Crippen LogP contribution in [-0.2, 0) is 6.54 Å². The van der Waals surface area contributed by atoms with Gasteiger partial charge in [0.1, 0.15) is 5.82 Å². The standard InChI is InChI=1S/C14H16FNS/c1-9-7-12(11(3)17-9)8-16-14-6-4-5-13(15)10(14)2/h4-7,16H,8H2,1-3H3. The van der Waals surface area contributed by atoms with Crippen LogP contribution in [-0.4, -0.2) is 0 Å². The molecule has 0 atom stereocenters. The van der Waals surface area contributed by atoms with Gasteiger partial charge in [-0.05, 0) is 44.5 Å². The van der Waals surface area contributed by atoms with Gasteiger partial charge in [-0.25, -0.2) is 4.39 Å². The number of rotatable bonds is 3. The third-order valence-electron chi connectivity index (χ3n) is 2.88. The lowest BCUT2D eigenvalue weighted by Gasteiger charge is -2.09. The molecular formula is C14H16FNS. The minimum Gasteiger partial charge on any atom is -0.381 e. The Labute approximate surface area is 105 Å². The van der Waals surface area contributed by atoms with Gasteiger partial charge in [-0.3, -0.25) is 0 Å². The van der Waals surface area contributed by atoms with Crippen LogP contribution in [0, 0.1) is 26.6 Å². The molecular weight excluding hydrogens is 233 g/mol. The molecule has 0 fully saturated rings. The zero-order chi connectivity index (χ0) is 12.4. The average Bonchev–Trinajstić information content (AvgIpc) is 2.60. The number of thiophene rings is 1. The van der Waals surface area contributed by atoms with E-state index in [1.807, 2.05) is 6.07 Å². The Kier molecular flexibility index (Phi) is 3.48. The second-order valence-electron chi connectivity index (χ2n) is 4.20. The van der Waals surface area contributed by atoms with Crippen LogP contribution in [0.5, 0.6) is 0 Å². The monoisotopic (exact) mass is 249 g/mol. The van der Waals surface area contributed by atoms with Gasteiger partial charge in [0.15, 0.2) is 0 Å². The summed E-state index contributed by atoms with van der Waals surface area (Å²) in [6.07, 6.45) is 0. The maximum Gasteiger partial charge on any atom is 0.128 e. The van der Waals surface area contributed by atoms with Crippen LogP contribution < -0.4 is 5.32 Å². The van der Waals surface area contributed by atoms with Crippen LogP contribution >= 0.6 is 11.3 Å². The minimum atomic E-state index is -0.159. The van der Waals surface area contributed by atoms with Gasteiger partial charge in [-0.15, -0.1) is 11.3 Å². The molecule has 2 rings (SSSR count). The Morgan fingerprint density at radius 1 is 1.24 bits per heavy atom. The van der Waals surface area contributed by atoms with E-state index < -0.39 is 0 Å². The van der Waals surface area contributed by atoms with Crippen LogP contribution in [0.25, 0.3) is 0 Å². The summed E-state index contributed by atoms with van der Waals surface area (Å²) in [5.41, 5.74) is 2.83. The molecule has 17 heavy (non-hydrogen) atoms. The topological polar surface area (TPSA) is 12.0 Å². The molecule has 90 valence electrons. The summed E-state index contributed by atoms with van der Waals surface area (Å²) in [6.45, 7) is 6.77. The molecule has 1 N–H and O–H groups in total. The molecule has 0 radical (unpaired) electrons. The third-order valence-corrected chi connectivity index (χ3v) is 3.89. The Morgan fingerprint density at radius 2 is 2.00 bits per heavy atom. The number of nitrogens with one attached hydrogen (secondary N) is 1. The lowest BCUT2D eigenvalue weighted by atomic mass is 10.1. The average molecular weight is 249 g/mol. The SMILES string of the molecule is Cc1cc(CNc2cccc(F)c2C)c(C)s1. The fourth-order valence-electron chi connectivity index (χ4n) is 1.85. The number of hydrogen-bond acceptors (Lipinski definition) is 2. The first-order valence-electron chi connectivity index (χ1n) is 5.63. The summed E-state index contributed by atoms with van der Waals surface area (Å²) < 4.78 is 13.4. The van der Waals surface area contributed by atoms with E-state index in [1.165, 1.54) is 21.4 Å². The van der Waals surface area contributed by atoms with Crippen molar-refractivity contribution in [2.24, 2.45) is 0 Å². The second kappa shape index (κ2) is 4.88. The summed E-state index contributed by atoms with van der Waals surface area (Å²) in [6, 6.07) is 7.31. The predicted molar refractivity (Wildman–Crippen MR) is 72.3 cm³/mol. The molecule has 0 bridgehead atoms. The maximum atomic E-state index is 13.4. The molecule has 0 spiro atoms. The van der Waals surface area contributed by atoms with Crippen LogP contribution in [0.2, 0.25) is 0 Å². The molecule has 1 aromatic carbocycles. The fourth-order valence-corrected chi connectivity index (χ4v) is 2.79. The highest BCUT2D eigenvalue weighted by Crippen LogP contribution is 2.23. The molecule has 2 aromatic rings. The summed E-state index contributed by atoms with van der Waals surface area (Å²) in [5.74, 6) is -0.159. The quantitative estimate of drug-likeness (QED) is 0.848. The zero-order valence-electron chi connectivity index (χ0n) is 10.3. The van der Waals surface area contributed by atoms with Crippen molar-refractivity contribution < 1.29 is 4.39 Å².